The Bertz CT molecular complexity index is 771. The maximum absolute atomic E-state index is 12.0. The second-order valence-electron chi connectivity index (χ2n) is 5.27. The first-order valence-corrected chi connectivity index (χ1v) is 7.50. The van der Waals surface area contributed by atoms with Gasteiger partial charge < -0.3 is 24.5 Å². The number of hydrogen-bond acceptors (Lipinski definition) is 5. The minimum Gasteiger partial charge on any atom is -0.483 e. The zero-order chi connectivity index (χ0) is 17.1. The first-order valence-electron chi connectivity index (χ1n) is 7.50. The van der Waals surface area contributed by atoms with Gasteiger partial charge in [-0.3, -0.25) is 9.59 Å². The number of carboxylic acid groups (broad SMARTS) is 1. The van der Waals surface area contributed by atoms with E-state index < -0.39 is 0 Å². The van der Waals surface area contributed by atoms with Gasteiger partial charge >= 0.3 is 0 Å². The molecule has 0 fully saturated rings. The summed E-state index contributed by atoms with van der Waals surface area (Å²) in [6, 6.07) is 3.79. The van der Waals surface area contributed by atoms with E-state index in [1.165, 1.54) is 0 Å². The van der Waals surface area contributed by atoms with Crippen molar-refractivity contribution in [2.45, 2.75) is 25.8 Å². The van der Waals surface area contributed by atoms with Crippen LogP contribution in [0.2, 0.25) is 0 Å². The molecule has 2 aliphatic heterocycles. The van der Waals surface area contributed by atoms with Crippen molar-refractivity contribution >= 4 is 18.1 Å². The first kappa shape index (κ1) is 15.9. The first-order chi connectivity index (χ1) is 11.7. The van der Waals surface area contributed by atoms with Gasteiger partial charge in [-0.05, 0) is 18.6 Å². The monoisotopic (exact) mass is 331 g/mol. The van der Waals surface area contributed by atoms with E-state index in [-0.39, 0.29) is 25.1 Å². The minimum atomic E-state index is -0.250. The summed E-state index contributed by atoms with van der Waals surface area (Å²) < 4.78 is 12.9. The van der Waals surface area contributed by atoms with Crippen LogP contribution >= 0.6 is 0 Å². The number of anilines is 1. The highest BCUT2D eigenvalue weighted by Crippen LogP contribution is 2.44. The number of aryl methyl sites for hydroxylation is 1. The van der Waals surface area contributed by atoms with E-state index in [1.807, 2.05) is 18.3 Å². The number of carbonyl (C=O) groups excluding carboxylic acids is 1. The van der Waals surface area contributed by atoms with Gasteiger partial charge in [0.1, 0.15) is 5.82 Å². The number of imidazole rings is 1. The topological polar surface area (TPSA) is 103 Å². The standard InChI is InChI=1S/C15H15N3O3.CH2O2/c1-2-18-4-3-16-15(18)10-6-14(19)17-11-7-13-12(5-9(10)11)20-8-21-13;2-1-3/h3-5,7,10H,2,6,8H2,1H3,(H,17,19);1H,(H,2,3). The van der Waals surface area contributed by atoms with E-state index >= 15 is 0 Å². The Kier molecular flexibility index (Phi) is 4.37. The fourth-order valence-electron chi connectivity index (χ4n) is 2.98. The van der Waals surface area contributed by atoms with Crippen molar-refractivity contribution in [1.29, 1.82) is 0 Å². The number of fused-ring (bicyclic) bond motifs is 2. The van der Waals surface area contributed by atoms with Gasteiger partial charge in [-0.1, -0.05) is 0 Å². The van der Waals surface area contributed by atoms with E-state index in [0.717, 1.165) is 29.4 Å². The van der Waals surface area contributed by atoms with E-state index in [0.29, 0.717) is 12.2 Å². The second-order valence-corrected chi connectivity index (χ2v) is 5.27. The van der Waals surface area contributed by atoms with Crippen LogP contribution in [0, 0.1) is 0 Å². The smallest absolute Gasteiger partial charge is 0.290 e. The van der Waals surface area contributed by atoms with Crippen molar-refractivity contribution in [2.75, 3.05) is 12.1 Å². The third-order valence-electron chi connectivity index (χ3n) is 3.98. The predicted octanol–water partition coefficient (Wildman–Crippen LogP) is 1.81. The number of nitrogens with zero attached hydrogens (tertiary/aromatic N) is 2. The Morgan fingerprint density at radius 2 is 2.12 bits per heavy atom. The average molecular weight is 331 g/mol. The summed E-state index contributed by atoms with van der Waals surface area (Å²) in [5.74, 6) is 2.25. The molecule has 2 N–H and O–H groups in total. The van der Waals surface area contributed by atoms with Gasteiger partial charge in [0, 0.05) is 37.1 Å². The molecule has 0 aliphatic carbocycles. The summed E-state index contributed by atoms with van der Waals surface area (Å²) in [5.41, 5.74) is 1.81. The number of hydrogen-bond donors (Lipinski definition) is 2. The van der Waals surface area contributed by atoms with Crippen molar-refractivity contribution in [1.82, 2.24) is 9.55 Å². The van der Waals surface area contributed by atoms with Crippen LogP contribution in [0.4, 0.5) is 5.69 Å². The zero-order valence-corrected chi connectivity index (χ0v) is 13.1. The molecule has 1 unspecified atom stereocenters. The molecule has 4 rings (SSSR count). The number of nitrogens with one attached hydrogen (secondary N) is 1. The summed E-state index contributed by atoms with van der Waals surface area (Å²) in [5, 5.41) is 9.80. The van der Waals surface area contributed by atoms with Gasteiger partial charge in [-0.2, -0.15) is 0 Å². The molecule has 1 amide bonds. The summed E-state index contributed by atoms with van der Waals surface area (Å²) in [4.78, 5) is 24.8. The molecule has 1 atom stereocenters. The van der Waals surface area contributed by atoms with Crippen LogP contribution in [0.1, 0.15) is 30.7 Å². The SMILES string of the molecule is CCn1ccnc1C1CC(=O)Nc2cc3c(cc21)OCO3.O=CO. The Balaban J connectivity index is 0.000000526. The molecule has 0 spiro atoms. The van der Waals surface area contributed by atoms with Gasteiger partial charge in [0.2, 0.25) is 12.7 Å². The number of aromatic nitrogens is 2. The maximum Gasteiger partial charge on any atom is 0.290 e. The summed E-state index contributed by atoms with van der Waals surface area (Å²) in [6.45, 7) is 2.86. The van der Waals surface area contributed by atoms with Crippen molar-refractivity contribution < 1.29 is 24.2 Å². The number of carbonyl (C=O) groups is 2. The lowest BCUT2D eigenvalue weighted by Gasteiger charge is -2.26. The Morgan fingerprint density at radius 3 is 2.83 bits per heavy atom. The molecule has 1 aromatic carbocycles. The van der Waals surface area contributed by atoms with Crippen LogP contribution < -0.4 is 14.8 Å². The van der Waals surface area contributed by atoms with Crippen LogP contribution in [0.5, 0.6) is 11.5 Å². The van der Waals surface area contributed by atoms with Crippen molar-refractivity contribution in [3.63, 3.8) is 0 Å². The second kappa shape index (κ2) is 6.61. The third kappa shape index (κ3) is 2.78. The van der Waals surface area contributed by atoms with E-state index in [1.54, 1.807) is 6.20 Å². The number of rotatable bonds is 2. The molecule has 2 aliphatic rings. The molecule has 8 heteroatoms. The van der Waals surface area contributed by atoms with Gasteiger partial charge in [0.15, 0.2) is 11.5 Å². The van der Waals surface area contributed by atoms with Gasteiger partial charge in [-0.15, -0.1) is 0 Å². The highest BCUT2D eigenvalue weighted by molar-refractivity contribution is 5.95. The molecule has 0 saturated heterocycles. The fourth-order valence-corrected chi connectivity index (χ4v) is 2.98. The predicted molar refractivity (Wildman–Crippen MR) is 84.2 cm³/mol. The lowest BCUT2D eigenvalue weighted by molar-refractivity contribution is -0.123. The Hall–Kier alpha value is -3.03. The zero-order valence-electron chi connectivity index (χ0n) is 13.1. The summed E-state index contributed by atoms with van der Waals surface area (Å²) in [7, 11) is 0. The summed E-state index contributed by atoms with van der Waals surface area (Å²) >= 11 is 0. The van der Waals surface area contributed by atoms with E-state index in [9.17, 15) is 4.79 Å². The largest absolute Gasteiger partial charge is 0.483 e. The van der Waals surface area contributed by atoms with Crippen LogP contribution in [0.3, 0.4) is 0 Å². The molecule has 126 valence electrons. The Morgan fingerprint density at radius 1 is 1.42 bits per heavy atom. The lowest BCUT2D eigenvalue weighted by Crippen LogP contribution is -2.25. The molecule has 3 heterocycles. The molecular weight excluding hydrogens is 314 g/mol. The number of ether oxygens (including phenoxy) is 2. The van der Waals surface area contributed by atoms with Gasteiger partial charge in [0.05, 0.1) is 5.92 Å². The average Bonchev–Trinajstić information content (AvgIpc) is 3.21. The molecule has 0 radical (unpaired) electrons. The molecule has 0 saturated carbocycles. The molecular formula is C16H17N3O5. The fraction of sp³-hybridized carbons (Fsp3) is 0.312. The Labute approximate surface area is 138 Å². The van der Waals surface area contributed by atoms with Crippen LogP contribution in [-0.2, 0) is 16.1 Å². The molecule has 1 aromatic heterocycles. The van der Waals surface area contributed by atoms with Crippen molar-refractivity contribution in [3.05, 3.63) is 35.9 Å². The van der Waals surface area contributed by atoms with Crippen LogP contribution in [0.15, 0.2) is 24.5 Å². The summed E-state index contributed by atoms with van der Waals surface area (Å²) in [6.07, 6.45) is 4.11. The number of benzene rings is 1. The number of amides is 1. The normalized spacial score (nSPS) is 17.4. The molecule has 2 aromatic rings. The van der Waals surface area contributed by atoms with Crippen LogP contribution in [0.25, 0.3) is 0 Å². The highest BCUT2D eigenvalue weighted by Gasteiger charge is 2.31. The van der Waals surface area contributed by atoms with Gasteiger partial charge in [-0.25, -0.2) is 4.98 Å². The van der Waals surface area contributed by atoms with Crippen molar-refractivity contribution in [3.8, 4) is 11.5 Å². The van der Waals surface area contributed by atoms with Crippen LogP contribution in [-0.4, -0.2) is 33.8 Å². The highest BCUT2D eigenvalue weighted by atomic mass is 16.7. The maximum atomic E-state index is 12.0. The quantitative estimate of drug-likeness (QED) is 0.814. The third-order valence-corrected chi connectivity index (χ3v) is 3.98. The lowest BCUT2D eigenvalue weighted by atomic mass is 9.89. The van der Waals surface area contributed by atoms with Gasteiger partial charge in [0.25, 0.3) is 6.47 Å². The minimum absolute atomic E-state index is 0.00276. The van der Waals surface area contributed by atoms with E-state index in [2.05, 4.69) is 21.8 Å². The molecule has 8 nitrogen and oxygen atoms in total. The van der Waals surface area contributed by atoms with Crippen molar-refractivity contribution in [2.24, 2.45) is 0 Å². The molecule has 0 bridgehead atoms. The van der Waals surface area contributed by atoms with E-state index in [4.69, 9.17) is 19.4 Å². The molecule has 24 heavy (non-hydrogen) atoms.